The molecule has 0 aliphatic carbocycles. The minimum Gasteiger partial charge on any atom is -0.477 e. The van der Waals surface area contributed by atoms with Gasteiger partial charge in [0, 0.05) is 0 Å². The standard InChI is InChI=1S/C22H40O4S/c1-4-5-6-7-8-9-10-11-12-13-14-15-16-17-18-27-20(21(23)24)19(2)22(25)26-3/h4-18H2,1-3H3,(H,23,24)/b20-19+. The van der Waals surface area contributed by atoms with Gasteiger partial charge in [-0.25, -0.2) is 9.59 Å². The molecule has 0 spiro atoms. The zero-order valence-electron chi connectivity index (χ0n) is 17.7. The molecule has 0 aliphatic rings. The minimum absolute atomic E-state index is 0.108. The minimum atomic E-state index is -1.05. The van der Waals surface area contributed by atoms with Gasteiger partial charge in [-0.2, -0.15) is 0 Å². The highest BCUT2D eigenvalue weighted by molar-refractivity contribution is 8.04. The van der Waals surface area contributed by atoms with Crippen molar-refractivity contribution in [3.8, 4) is 0 Å². The number of methoxy groups -OCH3 is 1. The molecule has 0 bridgehead atoms. The molecule has 158 valence electrons. The van der Waals surface area contributed by atoms with Crippen LogP contribution in [-0.2, 0) is 14.3 Å². The molecule has 0 heterocycles. The fourth-order valence-electron chi connectivity index (χ4n) is 3.05. The summed E-state index contributed by atoms with van der Waals surface area (Å²) in [5.74, 6) is -0.886. The van der Waals surface area contributed by atoms with Crippen LogP contribution in [0, 0.1) is 0 Å². The Morgan fingerprint density at radius 2 is 1.19 bits per heavy atom. The molecule has 0 aromatic rings. The van der Waals surface area contributed by atoms with E-state index in [0.717, 1.165) is 18.6 Å². The second-order valence-corrected chi connectivity index (χ2v) is 8.30. The summed E-state index contributed by atoms with van der Waals surface area (Å²) < 4.78 is 4.60. The van der Waals surface area contributed by atoms with E-state index in [0.29, 0.717) is 0 Å². The van der Waals surface area contributed by atoms with E-state index >= 15 is 0 Å². The molecule has 0 aliphatic heterocycles. The molecule has 0 saturated heterocycles. The zero-order chi connectivity index (χ0) is 20.3. The van der Waals surface area contributed by atoms with Crippen molar-refractivity contribution in [2.24, 2.45) is 0 Å². The molecule has 27 heavy (non-hydrogen) atoms. The molecule has 0 aromatic carbocycles. The normalized spacial score (nSPS) is 12.0. The van der Waals surface area contributed by atoms with Gasteiger partial charge in [0.25, 0.3) is 0 Å². The molecule has 0 amide bonds. The van der Waals surface area contributed by atoms with E-state index < -0.39 is 11.9 Å². The number of rotatable bonds is 18. The molecule has 4 nitrogen and oxygen atoms in total. The molecule has 0 rings (SSSR count). The van der Waals surface area contributed by atoms with Crippen LogP contribution in [0.25, 0.3) is 0 Å². The van der Waals surface area contributed by atoms with Crippen LogP contribution < -0.4 is 0 Å². The van der Waals surface area contributed by atoms with Crippen molar-refractivity contribution in [1.29, 1.82) is 0 Å². The Balaban J connectivity index is 3.56. The highest BCUT2D eigenvalue weighted by Gasteiger charge is 2.17. The summed E-state index contributed by atoms with van der Waals surface area (Å²) in [4.78, 5) is 22.8. The van der Waals surface area contributed by atoms with Crippen LogP contribution in [-0.4, -0.2) is 29.9 Å². The number of esters is 1. The topological polar surface area (TPSA) is 63.6 Å². The van der Waals surface area contributed by atoms with Crippen LogP contribution in [0.5, 0.6) is 0 Å². The average molecular weight is 401 g/mol. The number of carbonyl (C=O) groups excluding carboxylic acids is 1. The Kier molecular flexibility index (Phi) is 17.7. The lowest BCUT2D eigenvalue weighted by Crippen LogP contribution is -2.09. The molecule has 5 heteroatoms. The molecule has 0 unspecified atom stereocenters. The van der Waals surface area contributed by atoms with Gasteiger partial charge in [0.2, 0.25) is 0 Å². The summed E-state index contributed by atoms with van der Waals surface area (Å²) in [6.45, 7) is 3.77. The number of hydrogen-bond donors (Lipinski definition) is 1. The first-order chi connectivity index (χ1) is 13.0. The summed E-state index contributed by atoms with van der Waals surface area (Å²) in [5.41, 5.74) is 0.181. The van der Waals surface area contributed by atoms with Gasteiger partial charge in [0.1, 0.15) is 4.91 Å². The number of thioether (sulfide) groups is 1. The smallest absolute Gasteiger partial charge is 0.342 e. The Morgan fingerprint density at radius 1 is 0.778 bits per heavy atom. The third-order valence-electron chi connectivity index (χ3n) is 4.77. The van der Waals surface area contributed by atoms with Crippen molar-refractivity contribution in [1.82, 2.24) is 0 Å². The van der Waals surface area contributed by atoms with Crippen molar-refractivity contribution >= 4 is 23.7 Å². The number of carboxylic acids is 1. The van der Waals surface area contributed by atoms with Gasteiger partial charge < -0.3 is 9.84 Å². The van der Waals surface area contributed by atoms with Gasteiger partial charge in [-0.3, -0.25) is 0 Å². The maximum atomic E-state index is 11.5. The lowest BCUT2D eigenvalue weighted by Gasteiger charge is -2.07. The summed E-state index contributed by atoms with van der Waals surface area (Å²) in [6, 6.07) is 0. The van der Waals surface area contributed by atoms with Crippen LogP contribution in [0.2, 0.25) is 0 Å². The molecule has 1 N–H and O–H groups in total. The second kappa shape index (κ2) is 18.4. The zero-order valence-corrected chi connectivity index (χ0v) is 18.5. The Hall–Kier alpha value is -0.970. The Bertz CT molecular complexity index is 432. The number of carbonyl (C=O) groups is 2. The van der Waals surface area contributed by atoms with E-state index in [2.05, 4.69) is 11.7 Å². The van der Waals surface area contributed by atoms with E-state index in [-0.39, 0.29) is 10.5 Å². The van der Waals surface area contributed by atoms with E-state index in [4.69, 9.17) is 0 Å². The first-order valence-corrected chi connectivity index (χ1v) is 11.7. The quantitative estimate of drug-likeness (QED) is 0.157. The number of hydrogen-bond acceptors (Lipinski definition) is 4. The fourth-order valence-corrected chi connectivity index (χ4v) is 4.02. The van der Waals surface area contributed by atoms with E-state index in [1.807, 2.05) is 0 Å². The van der Waals surface area contributed by atoms with Crippen molar-refractivity contribution in [3.05, 3.63) is 10.5 Å². The van der Waals surface area contributed by atoms with Crippen LogP contribution in [0.15, 0.2) is 10.5 Å². The van der Waals surface area contributed by atoms with Crippen LogP contribution in [0.3, 0.4) is 0 Å². The van der Waals surface area contributed by atoms with Crippen LogP contribution in [0.1, 0.15) is 104 Å². The molecular formula is C22H40O4S. The van der Waals surface area contributed by atoms with Gasteiger partial charge in [-0.1, -0.05) is 90.4 Å². The maximum absolute atomic E-state index is 11.5. The molecule has 0 fully saturated rings. The number of unbranched alkanes of at least 4 members (excludes halogenated alkanes) is 13. The van der Waals surface area contributed by atoms with Crippen LogP contribution >= 0.6 is 11.8 Å². The lowest BCUT2D eigenvalue weighted by molar-refractivity contribution is -0.137. The van der Waals surface area contributed by atoms with E-state index in [1.165, 1.54) is 103 Å². The molecule has 0 aromatic heterocycles. The SMILES string of the molecule is CCCCCCCCCCCCCCCCS/C(C(=O)O)=C(\C)C(=O)OC. The van der Waals surface area contributed by atoms with Crippen LogP contribution in [0.4, 0.5) is 0 Å². The monoisotopic (exact) mass is 400 g/mol. The average Bonchev–Trinajstić information content (AvgIpc) is 2.66. The first-order valence-electron chi connectivity index (χ1n) is 10.7. The lowest BCUT2D eigenvalue weighted by atomic mass is 10.0. The summed E-state index contributed by atoms with van der Waals surface area (Å²) in [6.07, 6.45) is 18.3. The van der Waals surface area contributed by atoms with E-state index in [9.17, 15) is 14.7 Å². The Morgan fingerprint density at radius 3 is 1.56 bits per heavy atom. The van der Waals surface area contributed by atoms with Gasteiger partial charge in [-0.05, 0) is 19.1 Å². The summed E-state index contributed by atoms with van der Waals surface area (Å²) in [7, 11) is 1.27. The number of ether oxygens (including phenoxy) is 1. The number of aliphatic carboxylic acids is 1. The molecule has 0 atom stereocenters. The second-order valence-electron chi connectivity index (χ2n) is 7.20. The predicted octanol–water partition coefficient (Wildman–Crippen LogP) is 6.73. The van der Waals surface area contributed by atoms with Crippen molar-refractivity contribution < 1.29 is 19.4 Å². The largest absolute Gasteiger partial charge is 0.477 e. The molecular weight excluding hydrogens is 360 g/mol. The van der Waals surface area contributed by atoms with Crippen molar-refractivity contribution in [2.75, 3.05) is 12.9 Å². The van der Waals surface area contributed by atoms with Gasteiger partial charge in [-0.15, -0.1) is 11.8 Å². The van der Waals surface area contributed by atoms with Gasteiger partial charge in [0.15, 0.2) is 0 Å². The van der Waals surface area contributed by atoms with Gasteiger partial charge >= 0.3 is 11.9 Å². The molecule has 0 radical (unpaired) electrons. The van der Waals surface area contributed by atoms with Crippen molar-refractivity contribution in [3.63, 3.8) is 0 Å². The highest BCUT2D eigenvalue weighted by atomic mass is 32.2. The van der Waals surface area contributed by atoms with Gasteiger partial charge in [0.05, 0.1) is 12.7 Å². The molecule has 0 saturated carbocycles. The predicted molar refractivity (Wildman–Crippen MR) is 115 cm³/mol. The number of carboxylic acid groups (broad SMARTS) is 1. The summed E-state index contributed by atoms with van der Waals surface area (Å²) in [5, 5.41) is 9.22. The Labute approximate surface area is 170 Å². The highest BCUT2D eigenvalue weighted by Crippen LogP contribution is 2.23. The van der Waals surface area contributed by atoms with Crippen molar-refractivity contribution in [2.45, 2.75) is 104 Å². The third kappa shape index (κ3) is 14.7. The summed E-state index contributed by atoms with van der Waals surface area (Å²) >= 11 is 1.24. The maximum Gasteiger partial charge on any atom is 0.342 e. The fraction of sp³-hybridized carbons (Fsp3) is 0.818. The first kappa shape index (κ1) is 26.0. The third-order valence-corrected chi connectivity index (χ3v) is 6.03. The van der Waals surface area contributed by atoms with E-state index in [1.54, 1.807) is 0 Å².